The summed E-state index contributed by atoms with van der Waals surface area (Å²) in [5.74, 6) is 0. The smallest absolute Gasteiger partial charge is 0.0714 e. The number of hydrogen-bond donors (Lipinski definition) is 0. The average molecular weight is 803 g/mol. The molecule has 0 aliphatic heterocycles. The van der Waals surface area contributed by atoms with Crippen LogP contribution in [0.15, 0.2) is 255 Å². The number of rotatable bonds is 8. The molecule has 10 aromatic carbocycles. The van der Waals surface area contributed by atoms with E-state index in [9.17, 15) is 0 Å². The molecule has 0 amide bonds. The molecule has 0 unspecified atom stereocenters. The molecule has 1 aliphatic carbocycles. The van der Waals surface area contributed by atoms with Gasteiger partial charge in [0.05, 0.1) is 22.1 Å². The van der Waals surface area contributed by atoms with E-state index in [0.717, 1.165) is 33.8 Å². The van der Waals surface area contributed by atoms with Crippen LogP contribution in [0.25, 0.3) is 60.9 Å². The number of benzene rings is 10. The van der Waals surface area contributed by atoms with Gasteiger partial charge in [0, 0.05) is 33.4 Å². The maximum atomic E-state index is 2.49. The van der Waals surface area contributed by atoms with E-state index in [1.54, 1.807) is 0 Å². The highest BCUT2D eigenvalue weighted by molar-refractivity contribution is 6.10. The first-order valence-electron chi connectivity index (χ1n) is 21.8. The van der Waals surface area contributed by atoms with Gasteiger partial charge in [-0.25, -0.2) is 0 Å². The first-order chi connectivity index (χ1) is 31.3. The summed E-state index contributed by atoms with van der Waals surface area (Å²) in [5, 5.41) is 2.45. The zero-order chi connectivity index (χ0) is 41.7. The monoisotopic (exact) mass is 802 g/mol. The lowest BCUT2D eigenvalue weighted by molar-refractivity contribution is 0.768. The Bertz CT molecular complexity index is 3400. The van der Waals surface area contributed by atoms with Gasteiger partial charge in [-0.05, 0) is 98.6 Å². The molecule has 2 nitrogen and oxygen atoms in total. The summed E-state index contributed by atoms with van der Waals surface area (Å²) < 4.78 is 2.41. The van der Waals surface area contributed by atoms with Crippen molar-refractivity contribution in [3.05, 3.63) is 277 Å². The molecule has 0 saturated carbocycles. The molecule has 1 aromatic heterocycles. The predicted molar refractivity (Wildman–Crippen MR) is 264 cm³/mol. The van der Waals surface area contributed by atoms with Gasteiger partial charge in [0.15, 0.2) is 0 Å². The molecular formula is C61H42N2. The third kappa shape index (κ3) is 5.80. The van der Waals surface area contributed by atoms with E-state index in [1.165, 1.54) is 66.4 Å². The SMILES string of the molecule is c1ccc(-c2ccccc2-c2ccccc2N(c2ccc3c(c2)C(c2ccccc2)(c2ccccc2)c2ccccc2-3)c2ccc3c4ccccc4n(-c4ccccc4)c3c2)cc1. The topological polar surface area (TPSA) is 8.17 Å². The van der Waals surface area contributed by atoms with E-state index < -0.39 is 5.41 Å². The van der Waals surface area contributed by atoms with Gasteiger partial charge in [0.2, 0.25) is 0 Å². The van der Waals surface area contributed by atoms with Gasteiger partial charge in [0.1, 0.15) is 0 Å². The van der Waals surface area contributed by atoms with Crippen LogP contribution in [-0.4, -0.2) is 4.57 Å². The molecule has 1 aliphatic rings. The molecule has 296 valence electrons. The van der Waals surface area contributed by atoms with Crippen LogP contribution in [0.3, 0.4) is 0 Å². The van der Waals surface area contributed by atoms with Crippen molar-refractivity contribution in [2.75, 3.05) is 4.90 Å². The van der Waals surface area contributed by atoms with Gasteiger partial charge in [-0.1, -0.05) is 206 Å². The van der Waals surface area contributed by atoms with Crippen LogP contribution < -0.4 is 4.90 Å². The molecule has 0 atom stereocenters. The lowest BCUT2D eigenvalue weighted by Gasteiger charge is -2.35. The van der Waals surface area contributed by atoms with Crippen LogP contribution in [0.2, 0.25) is 0 Å². The molecule has 0 fully saturated rings. The Labute approximate surface area is 368 Å². The minimum absolute atomic E-state index is 0.542. The predicted octanol–water partition coefficient (Wildman–Crippen LogP) is 16.0. The molecule has 0 bridgehead atoms. The van der Waals surface area contributed by atoms with Crippen molar-refractivity contribution in [1.82, 2.24) is 4.57 Å². The van der Waals surface area contributed by atoms with Gasteiger partial charge in [-0.3, -0.25) is 0 Å². The van der Waals surface area contributed by atoms with Crippen molar-refractivity contribution < 1.29 is 0 Å². The highest BCUT2D eigenvalue weighted by atomic mass is 15.1. The Kier molecular flexibility index (Phi) is 8.76. The van der Waals surface area contributed by atoms with Gasteiger partial charge < -0.3 is 9.47 Å². The fourth-order valence-corrected chi connectivity index (χ4v) is 10.4. The van der Waals surface area contributed by atoms with E-state index >= 15 is 0 Å². The van der Waals surface area contributed by atoms with Crippen molar-refractivity contribution >= 4 is 38.9 Å². The van der Waals surface area contributed by atoms with Crippen LogP contribution in [0.1, 0.15) is 22.3 Å². The Morgan fingerprint density at radius 3 is 1.56 bits per heavy atom. The summed E-state index contributed by atoms with van der Waals surface area (Å²) in [7, 11) is 0. The van der Waals surface area contributed by atoms with Crippen LogP contribution in [-0.2, 0) is 5.41 Å². The zero-order valence-electron chi connectivity index (χ0n) is 34.6. The van der Waals surface area contributed by atoms with Crippen molar-refractivity contribution in [3.8, 4) is 39.1 Å². The molecule has 0 saturated heterocycles. The summed E-state index contributed by atoms with van der Waals surface area (Å²) >= 11 is 0. The second-order valence-electron chi connectivity index (χ2n) is 16.4. The third-order valence-corrected chi connectivity index (χ3v) is 13.1. The van der Waals surface area contributed by atoms with Crippen LogP contribution in [0.5, 0.6) is 0 Å². The van der Waals surface area contributed by atoms with E-state index in [1.807, 2.05) is 0 Å². The average Bonchev–Trinajstić information content (AvgIpc) is 3.85. The number of anilines is 3. The Morgan fingerprint density at radius 1 is 0.317 bits per heavy atom. The lowest BCUT2D eigenvalue weighted by atomic mass is 9.67. The second-order valence-corrected chi connectivity index (χ2v) is 16.4. The normalized spacial score (nSPS) is 12.6. The number of fused-ring (bicyclic) bond motifs is 6. The molecule has 1 heterocycles. The molecular weight excluding hydrogens is 761 g/mol. The Morgan fingerprint density at radius 2 is 0.825 bits per heavy atom. The van der Waals surface area contributed by atoms with E-state index in [-0.39, 0.29) is 0 Å². The zero-order valence-corrected chi connectivity index (χ0v) is 34.6. The fraction of sp³-hybridized carbons (Fsp3) is 0.0164. The highest BCUT2D eigenvalue weighted by Crippen LogP contribution is 2.57. The first kappa shape index (κ1) is 36.6. The maximum Gasteiger partial charge on any atom is 0.0714 e. The first-order valence-corrected chi connectivity index (χ1v) is 21.8. The summed E-state index contributed by atoms with van der Waals surface area (Å²) in [6.07, 6.45) is 0. The number of hydrogen-bond acceptors (Lipinski definition) is 1. The molecule has 0 N–H and O–H groups in total. The molecule has 12 rings (SSSR count). The van der Waals surface area contributed by atoms with Crippen molar-refractivity contribution in [1.29, 1.82) is 0 Å². The van der Waals surface area contributed by atoms with Crippen molar-refractivity contribution in [2.24, 2.45) is 0 Å². The van der Waals surface area contributed by atoms with Crippen LogP contribution >= 0.6 is 0 Å². The second kappa shape index (κ2) is 15.1. The van der Waals surface area contributed by atoms with Crippen molar-refractivity contribution in [2.45, 2.75) is 5.41 Å². The molecule has 0 radical (unpaired) electrons. The van der Waals surface area contributed by atoms with Gasteiger partial charge in [-0.15, -0.1) is 0 Å². The van der Waals surface area contributed by atoms with Gasteiger partial charge in [-0.2, -0.15) is 0 Å². The maximum absolute atomic E-state index is 2.49. The van der Waals surface area contributed by atoms with Crippen LogP contribution in [0, 0.1) is 0 Å². The lowest BCUT2D eigenvalue weighted by Crippen LogP contribution is -2.28. The van der Waals surface area contributed by atoms with Crippen molar-refractivity contribution in [3.63, 3.8) is 0 Å². The largest absolute Gasteiger partial charge is 0.310 e. The van der Waals surface area contributed by atoms with E-state index in [2.05, 4.69) is 264 Å². The van der Waals surface area contributed by atoms with E-state index in [4.69, 9.17) is 0 Å². The fourth-order valence-electron chi connectivity index (χ4n) is 10.4. The van der Waals surface area contributed by atoms with Gasteiger partial charge >= 0.3 is 0 Å². The minimum atomic E-state index is -0.542. The number of para-hydroxylation sites is 3. The Hall–Kier alpha value is -8.20. The number of aromatic nitrogens is 1. The summed E-state index contributed by atoms with van der Waals surface area (Å²) in [6.45, 7) is 0. The Balaban J connectivity index is 1.16. The number of nitrogens with zero attached hydrogens (tertiary/aromatic N) is 2. The molecule has 0 spiro atoms. The summed E-state index contributed by atoms with van der Waals surface area (Å²) in [6, 6.07) is 93.4. The summed E-state index contributed by atoms with van der Waals surface area (Å²) in [5.41, 5.74) is 18.5. The standard InChI is InChI=1S/C61H42N2/c1-5-21-43(22-6-1)49-29-13-14-30-50(49)53-32-16-19-35-58(53)62(48-38-40-55-54-33-17-20-36-59(54)63(60(55)42-48)46-27-11-4-12-28-46)47-37-39-52-51-31-15-18-34-56(51)61(57(52)41-47,44-23-7-2-8-24-44)45-25-9-3-10-26-45/h1-42H. The van der Waals surface area contributed by atoms with Gasteiger partial charge in [0.25, 0.3) is 0 Å². The summed E-state index contributed by atoms with van der Waals surface area (Å²) in [4.78, 5) is 2.49. The minimum Gasteiger partial charge on any atom is -0.310 e. The molecule has 2 heteroatoms. The highest BCUT2D eigenvalue weighted by Gasteiger charge is 2.46. The third-order valence-electron chi connectivity index (χ3n) is 13.1. The van der Waals surface area contributed by atoms with E-state index in [0.29, 0.717) is 0 Å². The quantitative estimate of drug-likeness (QED) is 0.149. The molecule has 63 heavy (non-hydrogen) atoms. The molecule has 11 aromatic rings. The van der Waals surface area contributed by atoms with Crippen LogP contribution in [0.4, 0.5) is 17.1 Å².